The first kappa shape index (κ1) is 13.5. The van der Waals surface area contributed by atoms with Gasteiger partial charge in [0, 0.05) is 37.8 Å². The number of furan rings is 1. The molecule has 0 amide bonds. The van der Waals surface area contributed by atoms with Crippen molar-refractivity contribution in [3.8, 4) is 11.4 Å². The molecule has 0 unspecified atom stereocenters. The summed E-state index contributed by atoms with van der Waals surface area (Å²) in [4.78, 5) is 13.4. The topological polar surface area (TPSA) is 71.4 Å². The number of aromatic nitrogens is 3. The lowest BCUT2D eigenvalue weighted by Gasteiger charge is -2.33. The smallest absolute Gasteiger partial charge is 0.241 e. The van der Waals surface area contributed by atoms with Gasteiger partial charge in [-0.3, -0.25) is 4.90 Å². The van der Waals surface area contributed by atoms with Crippen LogP contribution in [-0.4, -0.2) is 46.2 Å². The van der Waals surface area contributed by atoms with Gasteiger partial charge in [-0.15, -0.1) is 11.3 Å². The average molecular weight is 317 g/mol. The molecule has 8 heteroatoms. The molecule has 4 rings (SSSR count). The van der Waals surface area contributed by atoms with Crippen LogP contribution in [0.5, 0.6) is 0 Å². The predicted molar refractivity (Wildman–Crippen MR) is 81.6 cm³/mol. The van der Waals surface area contributed by atoms with Crippen LogP contribution in [0, 0.1) is 0 Å². The summed E-state index contributed by atoms with van der Waals surface area (Å²) >= 11 is 1.68. The molecule has 3 aromatic rings. The first-order valence-electron chi connectivity index (χ1n) is 7.10. The summed E-state index contributed by atoms with van der Waals surface area (Å²) in [5.74, 6) is 1.21. The zero-order chi connectivity index (χ0) is 14.8. The Morgan fingerprint density at radius 3 is 2.86 bits per heavy atom. The molecule has 22 heavy (non-hydrogen) atoms. The van der Waals surface area contributed by atoms with E-state index in [1.54, 1.807) is 23.9 Å². The van der Waals surface area contributed by atoms with Crippen molar-refractivity contribution in [3.05, 3.63) is 36.1 Å². The molecular formula is C14H15N5O2S. The van der Waals surface area contributed by atoms with Crippen LogP contribution in [0.15, 0.2) is 39.1 Å². The molecular weight excluding hydrogens is 302 g/mol. The number of thiazole rings is 1. The van der Waals surface area contributed by atoms with Gasteiger partial charge in [-0.1, -0.05) is 5.16 Å². The van der Waals surface area contributed by atoms with Crippen LogP contribution in [0.1, 0.15) is 5.89 Å². The van der Waals surface area contributed by atoms with E-state index in [9.17, 15) is 0 Å². The molecule has 0 bridgehead atoms. The van der Waals surface area contributed by atoms with Gasteiger partial charge < -0.3 is 13.8 Å². The summed E-state index contributed by atoms with van der Waals surface area (Å²) in [6.45, 7) is 4.54. The highest BCUT2D eigenvalue weighted by atomic mass is 32.1. The van der Waals surface area contributed by atoms with E-state index in [1.807, 2.05) is 17.6 Å². The van der Waals surface area contributed by atoms with E-state index in [0.29, 0.717) is 18.3 Å². The Hall–Kier alpha value is -2.19. The Morgan fingerprint density at radius 1 is 1.23 bits per heavy atom. The van der Waals surface area contributed by atoms with Crippen molar-refractivity contribution in [1.82, 2.24) is 20.0 Å². The number of hydrogen-bond donors (Lipinski definition) is 0. The highest BCUT2D eigenvalue weighted by Crippen LogP contribution is 2.20. The van der Waals surface area contributed by atoms with Crippen LogP contribution in [0.25, 0.3) is 11.4 Å². The van der Waals surface area contributed by atoms with E-state index >= 15 is 0 Å². The van der Waals surface area contributed by atoms with Crippen LogP contribution in [0.2, 0.25) is 0 Å². The van der Waals surface area contributed by atoms with E-state index in [0.717, 1.165) is 36.9 Å². The van der Waals surface area contributed by atoms with Gasteiger partial charge in [0.2, 0.25) is 11.7 Å². The summed E-state index contributed by atoms with van der Waals surface area (Å²) in [6, 6.07) is 1.82. The lowest BCUT2D eigenvalue weighted by atomic mass is 10.3. The molecule has 0 aliphatic carbocycles. The van der Waals surface area contributed by atoms with Crippen LogP contribution < -0.4 is 4.90 Å². The molecule has 1 aliphatic heterocycles. The molecule has 1 aliphatic rings. The summed E-state index contributed by atoms with van der Waals surface area (Å²) in [5.41, 5.74) is 0.837. The number of hydrogen-bond acceptors (Lipinski definition) is 8. The summed E-state index contributed by atoms with van der Waals surface area (Å²) in [6.07, 6.45) is 5.06. The van der Waals surface area contributed by atoms with Crippen molar-refractivity contribution in [2.45, 2.75) is 6.54 Å². The second-order valence-electron chi connectivity index (χ2n) is 5.10. The molecule has 3 aromatic heterocycles. The normalized spacial score (nSPS) is 16.3. The van der Waals surface area contributed by atoms with Crippen molar-refractivity contribution in [2.75, 3.05) is 31.1 Å². The lowest BCUT2D eigenvalue weighted by molar-refractivity contribution is 0.215. The SMILES string of the molecule is c1csc(N2CCN(Cc3nc(-c4ccoc4)no3)CC2)n1. The molecule has 114 valence electrons. The Labute approximate surface area is 131 Å². The third kappa shape index (κ3) is 2.75. The van der Waals surface area contributed by atoms with E-state index in [1.165, 1.54) is 0 Å². The molecule has 0 spiro atoms. The molecule has 0 atom stereocenters. The molecule has 1 saturated heterocycles. The van der Waals surface area contributed by atoms with Gasteiger partial charge in [-0.25, -0.2) is 4.98 Å². The fraction of sp³-hybridized carbons (Fsp3) is 0.357. The molecule has 4 heterocycles. The van der Waals surface area contributed by atoms with Crippen molar-refractivity contribution in [3.63, 3.8) is 0 Å². The number of anilines is 1. The maximum atomic E-state index is 5.32. The van der Waals surface area contributed by atoms with Gasteiger partial charge >= 0.3 is 0 Å². The van der Waals surface area contributed by atoms with Crippen LogP contribution in [0.4, 0.5) is 5.13 Å². The highest BCUT2D eigenvalue weighted by Gasteiger charge is 2.20. The third-order valence-corrected chi connectivity index (χ3v) is 4.50. The van der Waals surface area contributed by atoms with Gasteiger partial charge in [-0.05, 0) is 6.07 Å². The maximum Gasteiger partial charge on any atom is 0.241 e. The van der Waals surface area contributed by atoms with Crippen molar-refractivity contribution in [2.24, 2.45) is 0 Å². The third-order valence-electron chi connectivity index (χ3n) is 3.67. The van der Waals surface area contributed by atoms with Crippen LogP contribution in [0.3, 0.4) is 0 Å². The number of piperazine rings is 1. The minimum absolute atomic E-state index is 0.574. The van der Waals surface area contributed by atoms with Crippen LogP contribution >= 0.6 is 11.3 Å². The number of nitrogens with zero attached hydrogens (tertiary/aromatic N) is 5. The maximum absolute atomic E-state index is 5.32. The zero-order valence-corrected chi connectivity index (χ0v) is 12.7. The Morgan fingerprint density at radius 2 is 2.14 bits per heavy atom. The molecule has 0 saturated carbocycles. The highest BCUT2D eigenvalue weighted by molar-refractivity contribution is 7.13. The predicted octanol–water partition coefficient (Wildman–Crippen LogP) is 2.11. The molecule has 0 N–H and O–H groups in total. The molecule has 7 nitrogen and oxygen atoms in total. The van der Waals surface area contributed by atoms with E-state index in [4.69, 9.17) is 8.94 Å². The van der Waals surface area contributed by atoms with Crippen LogP contribution in [-0.2, 0) is 6.54 Å². The minimum Gasteiger partial charge on any atom is -0.472 e. The Bertz CT molecular complexity index is 702. The van der Waals surface area contributed by atoms with Crippen molar-refractivity contribution in [1.29, 1.82) is 0 Å². The standard InChI is InChI=1S/C14H15N5O2S/c1-7-20-10-11(1)13-16-12(21-17-13)9-18-3-5-19(6-4-18)14-15-2-8-22-14/h1-2,7-8,10H,3-6,9H2. The fourth-order valence-electron chi connectivity index (χ4n) is 2.49. The van der Waals surface area contributed by atoms with Crippen molar-refractivity contribution >= 4 is 16.5 Å². The first-order chi connectivity index (χ1) is 10.9. The Balaban J connectivity index is 1.35. The monoisotopic (exact) mass is 317 g/mol. The van der Waals surface area contributed by atoms with E-state index < -0.39 is 0 Å². The first-order valence-corrected chi connectivity index (χ1v) is 7.98. The average Bonchev–Trinajstić information content (AvgIpc) is 3.30. The van der Waals surface area contributed by atoms with Crippen molar-refractivity contribution < 1.29 is 8.94 Å². The molecule has 0 aromatic carbocycles. The van der Waals surface area contributed by atoms with Gasteiger partial charge in [0.1, 0.15) is 6.26 Å². The van der Waals surface area contributed by atoms with Gasteiger partial charge in [0.25, 0.3) is 0 Å². The second-order valence-corrected chi connectivity index (χ2v) is 5.97. The summed E-state index contributed by atoms with van der Waals surface area (Å²) in [5, 5.41) is 7.10. The summed E-state index contributed by atoms with van der Waals surface area (Å²) in [7, 11) is 0. The fourth-order valence-corrected chi connectivity index (χ4v) is 3.19. The quantitative estimate of drug-likeness (QED) is 0.729. The van der Waals surface area contributed by atoms with Gasteiger partial charge in [0.05, 0.1) is 18.4 Å². The molecule has 0 radical (unpaired) electrons. The second kappa shape index (κ2) is 5.90. The van der Waals surface area contributed by atoms with E-state index in [2.05, 4.69) is 24.9 Å². The summed E-state index contributed by atoms with van der Waals surface area (Å²) < 4.78 is 10.4. The zero-order valence-electron chi connectivity index (χ0n) is 11.9. The lowest BCUT2D eigenvalue weighted by Crippen LogP contribution is -2.46. The molecule has 1 fully saturated rings. The minimum atomic E-state index is 0.574. The Kier molecular flexibility index (Phi) is 3.61. The largest absolute Gasteiger partial charge is 0.472 e. The van der Waals surface area contributed by atoms with E-state index in [-0.39, 0.29) is 0 Å². The number of rotatable bonds is 4. The van der Waals surface area contributed by atoms with Gasteiger partial charge in [0.15, 0.2) is 5.13 Å². The van der Waals surface area contributed by atoms with Gasteiger partial charge in [-0.2, -0.15) is 4.98 Å².